The first-order valence-electron chi connectivity index (χ1n) is 4.80. The Labute approximate surface area is 89.3 Å². The van der Waals surface area contributed by atoms with Gasteiger partial charge in [0.1, 0.15) is 0 Å². The number of amides is 2. The zero-order valence-electron chi connectivity index (χ0n) is 8.23. The average molecular weight is 236 g/mol. The highest BCUT2D eigenvalue weighted by Gasteiger charge is 2.50. The maximum Gasteiger partial charge on any atom is 0.476 e. The minimum absolute atomic E-state index is 0.314. The molecule has 8 heteroatoms. The van der Waals surface area contributed by atoms with Gasteiger partial charge in [0.05, 0.1) is 6.04 Å². The Kier molecular flexibility index (Phi) is 2.45. The van der Waals surface area contributed by atoms with Crippen molar-refractivity contribution in [1.29, 1.82) is 0 Å². The summed E-state index contributed by atoms with van der Waals surface area (Å²) in [7, 11) is 0. The second-order valence-electron chi connectivity index (χ2n) is 3.76. The molecule has 2 aliphatic rings. The van der Waals surface area contributed by atoms with Gasteiger partial charge in [0.2, 0.25) is 0 Å². The van der Waals surface area contributed by atoms with Gasteiger partial charge in [-0.3, -0.25) is 0 Å². The van der Waals surface area contributed by atoms with Crippen molar-refractivity contribution in [3.63, 3.8) is 0 Å². The number of carbonyl (C=O) groups excluding carboxylic acids is 1. The van der Waals surface area contributed by atoms with E-state index >= 15 is 0 Å². The van der Waals surface area contributed by atoms with Crippen LogP contribution in [0.15, 0.2) is 0 Å². The average Bonchev–Trinajstić information content (AvgIpc) is 2.42. The molecule has 2 saturated heterocycles. The lowest BCUT2D eigenvalue weighted by Gasteiger charge is -2.24. The molecule has 2 fully saturated rings. The maximum absolute atomic E-state index is 12.8. The summed E-state index contributed by atoms with van der Waals surface area (Å²) in [5, 5.41) is 8.69. The van der Waals surface area contributed by atoms with Crippen molar-refractivity contribution in [1.82, 2.24) is 9.96 Å². The fourth-order valence-electron chi connectivity index (χ4n) is 1.89. The normalized spacial score (nSPS) is 25.1. The smallest absolute Gasteiger partial charge is 0.475 e. The fourth-order valence-corrected chi connectivity index (χ4v) is 1.89. The molecule has 0 aliphatic carbocycles. The van der Waals surface area contributed by atoms with E-state index in [0.717, 1.165) is 0 Å². The minimum atomic E-state index is -4.37. The molecule has 1 N–H and O–H groups in total. The molecule has 0 radical (unpaired) electrons. The number of carboxylic acid groups (broad SMARTS) is 1. The number of hydrogen-bond acceptors (Lipinski definition) is 3. The topological polar surface area (TPSA) is 70.1 Å². The van der Waals surface area contributed by atoms with Crippen molar-refractivity contribution in [3.05, 3.63) is 0 Å². The van der Waals surface area contributed by atoms with Gasteiger partial charge in [0.15, 0.2) is 0 Å². The van der Waals surface area contributed by atoms with Crippen molar-refractivity contribution in [2.45, 2.75) is 25.0 Å². The summed E-state index contributed by atoms with van der Waals surface area (Å²) in [6, 6.07) is -1.17. The number of urea groups is 1. The molecule has 0 aromatic carbocycles. The van der Waals surface area contributed by atoms with E-state index in [1.807, 2.05) is 0 Å². The van der Waals surface area contributed by atoms with Crippen LogP contribution >= 0.6 is 0 Å². The lowest BCUT2D eigenvalue weighted by atomic mass is 10.1. The molecule has 2 amide bonds. The van der Waals surface area contributed by atoms with Gasteiger partial charge in [0, 0.05) is 13.1 Å². The second kappa shape index (κ2) is 3.55. The lowest BCUT2D eigenvalue weighted by molar-refractivity contribution is -0.327. The monoisotopic (exact) mass is 236 g/mol. The maximum atomic E-state index is 12.8. The molecular formula is C8H10F2N2O4. The summed E-state index contributed by atoms with van der Waals surface area (Å²) >= 11 is 0. The largest absolute Gasteiger partial charge is 0.476 e. The number of halogens is 2. The zero-order valence-corrected chi connectivity index (χ0v) is 8.23. The Morgan fingerprint density at radius 1 is 1.56 bits per heavy atom. The Morgan fingerprint density at radius 3 is 2.81 bits per heavy atom. The fraction of sp³-hybridized carbons (Fsp3) is 0.750. The van der Waals surface area contributed by atoms with Crippen LogP contribution in [0.5, 0.6) is 0 Å². The van der Waals surface area contributed by atoms with E-state index in [-0.39, 0.29) is 0 Å². The van der Waals surface area contributed by atoms with Gasteiger partial charge >= 0.3 is 18.1 Å². The van der Waals surface area contributed by atoms with Crippen LogP contribution < -0.4 is 0 Å². The van der Waals surface area contributed by atoms with Gasteiger partial charge in [-0.25, -0.2) is 9.59 Å². The van der Waals surface area contributed by atoms with E-state index < -0.39 is 24.2 Å². The van der Waals surface area contributed by atoms with Crippen LogP contribution in [-0.4, -0.2) is 52.3 Å². The molecule has 2 rings (SSSR count). The van der Waals surface area contributed by atoms with E-state index in [1.165, 1.54) is 4.90 Å². The molecule has 2 aliphatic heterocycles. The molecule has 6 nitrogen and oxygen atoms in total. The van der Waals surface area contributed by atoms with Crippen LogP contribution in [0.25, 0.3) is 0 Å². The number of hydrogen-bond donors (Lipinski definition) is 1. The third kappa shape index (κ3) is 1.69. The molecule has 1 unspecified atom stereocenters. The number of fused-ring (bicyclic) bond motifs is 2. The van der Waals surface area contributed by atoms with Crippen LogP contribution in [0.4, 0.5) is 13.6 Å². The summed E-state index contributed by atoms with van der Waals surface area (Å²) in [6.45, 7) is 0.808. The number of carboxylic acids is 1. The number of aliphatic carboxylic acids is 1. The lowest BCUT2D eigenvalue weighted by Crippen LogP contribution is -2.44. The molecule has 0 aromatic rings. The quantitative estimate of drug-likeness (QED) is 0.774. The standard InChI is InChI=1S/C8H10F2N2O4/c9-8(10,6(13)14)16-12-5-2-1-3-11(4-5)7(12)15/h5H,1-4H2,(H,13,14). The second-order valence-corrected chi connectivity index (χ2v) is 3.76. The first-order chi connectivity index (χ1) is 7.42. The summed E-state index contributed by atoms with van der Waals surface area (Å²) < 4.78 is 25.6. The SMILES string of the molecule is O=C1N2CCCC(C2)N1OC(F)(F)C(=O)O. The Balaban J connectivity index is 2.10. The zero-order chi connectivity index (χ0) is 11.9. The molecule has 0 spiro atoms. The molecule has 2 bridgehead atoms. The Hall–Kier alpha value is -1.44. The van der Waals surface area contributed by atoms with E-state index in [0.29, 0.717) is 31.0 Å². The third-order valence-electron chi connectivity index (χ3n) is 2.65. The van der Waals surface area contributed by atoms with Crippen LogP contribution in [-0.2, 0) is 9.63 Å². The van der Waals surface area contributed by atoms with E-state index in [2.05, 4.69) is 4.84 Å². The molecule has 0 aromatic heterocycles. The molecular weight excluding hydrogens is 226 g/mol. The van der Waals surface area contributed by atoms with Crippen molar-refractivity contribution in [3.8, 4) is 0 Å². The van der Waals surface area contributed by atoms with Gasteiger partial charge in [-0.2, -0.15) is 18.7 Å². The van der Waals surface area contributed by atoms with Gasteiger partial charge in [-0.1, -0.05) is 0 Å². The number of nitrogens with zero attached hydrogens (tertiary/aromatic N) is 2. The highest BCUT2D eigenvalue weighted by molar-refractivity contribution is 5.77. The van der Waals surface area contributed by atoms with E-state index in [9.17, 15) is 18.4 Å². The third-order valence-corrected chi connectivity index (χ3v) is 2.65. The van der Waals surface area contributed by atoms with Gasteiger partial charge < -0.3 is 10.0 Å². The predicted octanol–water partition coefficient (Wildman–Crippen LogP) is 0.495. The van der Waals surface area contributed by atoms with Crippen molar-refractivity contribution in [2.24, 2.45) is 0 Å². The van der Waals surface area contributed by atoms with E-state index in [4.69, 9.17) is 5.11 Å². The molecule has 90 valence electrons. The molecule has 0 saturated carbocycles. The Morgan fingerprint density at radius 2 is 2.25 bits per heavy atom. The van der Waals surface area contributed by atoms with Crippen molar-refractivity contribution in [2.75, 3.05) is 13.1 Å². The highest BCUT2D eigenvalue weighted by Crippen LogP contribution is 2.29. The number of hydroxylamine groups is 2. The van der Waals surface area contributed by atoms with Crippen LogP contribution in [0.3, 0.4) is 0 Å². The number of rotatable bonds is 3. The minimum Gasteiger partial charge on any atom is -0.475 e. The number of piperidine rings is 1. The summed E-state index contributed by atoms with van der Waals surface area (Å²) in [6.07, 6.45) is -3.12. The summed E-state index contributed by atoms with van der Waals surface area (Å²) in [5.41, 5.74) is 0. The van der Waals surface area contributed by atoms with E-state index in [1.54, 1.807) is 0 Å². The first kappa shape index (κ1) is 11.1. The first-order valence-corrected chi connectivity index (χ1v) is 4.80. The molecule has 16 heavy (non-hydrogen) atoms. The number of alkyl halides is 2. The van der Waals surface area contributed by atoms with Crippen molar-refractivity contribution >= 4 is 12.0 Å². The molecule has 1 atom stereocenters. The summed E-state index contributed by atoms with van der Waals surface area (Å²) in [5.74, 6) is -2.41. The Bertz CT molecular complexity index is 336. The van der Waals surface area contributed by atoms with Gasteiger partial charge in [0.25, 0.3) is 0 Å². The predicted molar refractivity (Wildman–Crippen MR) is 45.5 cm³/mol. The summed E-state index contributed by atoms with van der Waals surface area (Å²) in [4.78, 5) is 27.0. The van der Waals surface area contributed by atoms with Gasteiger partial charge in [-0.05, 0) is 12.8 Å². The van der Waals surface area contributed by atoms with Crippen LogP contribution in [0, 0.1) is 0 Å². The van der Waals surface area contributed by atoms with Crippen LogP contribution in [0.1, 0.15) is 12.8 Å². The highest BCUT2D eigenvalue weighted by atomic mass is 19.3. The van der Waals surface area contributed by atoms with Crippen LogP contribution in [0.2, 0.25) is 0 Å². The molecule has 2 heterocycles. The number of carbonyl (C=O) groups is 2. The van der Waals surface area contributed by atoms with Crippen molar-refractivity contribution < 1.29 is 28.3 Å². The van der Waals surface area contributed by atoms with Gasteiger partial charge in [-0.15, -0.1) is 0 Å².